The van der Waals surface area contributed by atoms with Crippen LogP contribution in [0.5, 0.6) is 0 Å². The van der Waals surface area contributed by atoms with E-state index in [1.54, 1.807) is 6.08 Å². The van der Waals surface area contributed by atoms with Gasteiger partial charge in [-0.1, -0.05) is 0 Å². The molecule has 0 unspecified atom stereocenters. The second kappa shape index (κ2) is 7.29. The quantitative estimate of drug-likeness (QED) is 0.629. The number of alkyl carbamates (subject to hydrolysis) is 1. The van der Waals surface area contributed by atoms with Crippen molar-refractivity contribution in [3.05, 3.63) is 0 Å². The van der Waals surface area contributed by atoms with Gasteiger partial charge < -0.3 is 10.1 Å². The van der Waals surface area contributed by atoms with Gasteiger partial charge in [0.05, 0.1) is 6.54 Å². The lowest BCUT2D eigenvalue weighted by Gasteiger charge is -2.28. The normalized spacial score (nSPS) is 23.3. The first-order valence-electron chi connectivity index (χ1n) is 6.91. The predicted molar refractivity (Wildman–Crippen MR) is 72.7 cm³/mol. The standard InChI is InChI=1S/C14H24N2O3/c1-14(2,3)19-13(18)16-9-12-6-4-11(5-7-12)8-15-10-17/h11-12H,4-9H2,1-3H3,(H,16,18)/t11-,12-. The van der Waals surface area contributed by atoms with Crippen molar-refractivity contribution in [3.8, 4) is 0 Å². The summed E-state index contributed by atoms with van der Waals surface area (Å²) in [5.41, 5.74) is -0.450. The highest BCUT2D eigenvalue weighted by molar-refractivity contribution is 5.67. The van der Waals surface area contributed by atoms with Gasteiger partial charge in [-0.05, 0) is 58.3 Å². The summed E-state index contributed by atoms with van der Waals surface area (Å²) in [5.74, 6) is 1.00. The van der Waals surface area contributed by atoms with Gasteiger partial charge in [0.25, 0.3) is 0 Å². The molecule has 5 nitrogen and oxygen atoms in total. The van der Waals surface area contributed by atoms with Crippen LogP contribution in [0, 0.1) is 11.8 Å². The smallest absolute Gasteiger partial charge is 0.407 e. The van der Waals surface area contributed by atoms with Crippen molar-refractivity contribution in [1.29, 1.82) is 0 Å². The molecule has 0 heterocycles. The molecule has 0 aromatic carbocycles. The van der Waals surface area contributed by atoms with E-state index in [1.807, 2.05) is 20.8 Å². The van der Waals surface area contributed by atoms with Crippen LogP contribution in [-0.4, -0.2) is 30.9 Å². The second-order valence-corrected chi connectivity index (χ2v) is 6.20. The molecule has 5 heteroatoms. The summed E-state index contributed by atoms with van der Waals surface area (Å²) in [4.78, 5) is 25.2. The van der Waals surface area contributed by atoms with Gasteiger partial charge in [-0.15, -0.1) is 0 Å². The Balaban J connectivity index is 2.19. The molecule has 1 N–H and O–H groups in total. The van der Waals surface area contributed by atoms with Crippen molar-refractivity contribution >= 4 is 12.2 Å². The summed E-state index contributed by atoms with van der Waals surface area (Å²) in [6, 6.07) is 0. The van der Waals surface area contributed by atoms with E-state index in [4.69, 9.17) is 4.74 Å². The van der Waals surface area contributed by atoms with Crippen molar-refractivity contribution in [2.75, 3.05) is 13.1 Å². The van der Waals surface area contributed by atoms with E-state index in [9.17, 15) is 9.59 Å². The van der Waals surface area contributed by atoms with Gasteiger partial charge in [-0.25, -0.2) is 14.6 Å². The minimum atomic E-state index is -0.450. The molecule has 1 aliphatic carbocycles. The highest BCUT2D eigenvalue weighted by Crippen LogP contribution is 2.28. The molecule has 108 valence electrons. The van der Waals surface area contributed by atoms with Crippen molar-refractivity contribution in [3.63, 3.8) is 0 Å². The second-order valence-electron chi connectivity index (χ2n) is 6.20. The summed E-state index contributed by atoms with van der Waals surface area (Å²) < 4.78 is 5.19. The van der Waals surface area contributed by atoms with Crippen LogP contribution in [0.15, 0.2) is 4.99 Å². The molecule has 1 saturated carbocycles. The summed E-state index contributed by atoms with van der Waals surface area (Å²) in [5, 5.41) is 2.82. The molecule has 0 radical (unpaired) electrons. The van der Waals surface area contributed by atoms with Gasteiger partial charge in [0, 0.05) is 6.54 Å². The van der Waals surface area contributed by atoms with Crippen LogP contribution in [0.2, 0.25) is 0 Å². The number of ether oxygens (including phenoxy) is 1. The molecule has 1 amide bonds. The van der Waals surface area contributed by atoms with E-state index < -0.39 is 5.60 Å². The first-order chi connectivity index (χ1) is 8.90. The van der Waals surface area contributed by atoms with Gasteiger partial charge in [-0.3, -0.25) is 0 Å². The first-order valence-corrected chi connectivity index (χ1v) is 6.91. The maximum atomic E-state index is 11.5. The van der Waals surface area contributed by atoms with Crippen LogP contribution in [0.4, 0.5) is 4.79 Å². The fraction of sp³-hybridized carbons (Fsp3) is 0.857. The first kappa shape index (κ1) is 15.7. The molecule has 1 rings (SSSR count). The minimum Gasteiger partial charge on any atom is -0.444 e. The largest absolute Gasteiger partial charge is 0.444 e. The zero-order chi connectivity index (χ0) is 14.3. The van der Waals surface area contributed by atoms with Crippen molar-refractivity contribution < 1.29 is 14.3 Å². The Morgan fingerprint density at radius 2 is 1.84 bits per heavy atom. The van der Waals surface area contributed by atoms with Crippen LogP contribution >= 0.6 is 0 Å². The van der Waals surface area contributed by atoms with E-state index in [0.717, 1.165) is 25.7 Å². The third-order valence-corrected chi connectivity index (χ3v) is 3.31. The number of carbonyl (C=O) groups excluding carboxylic acids is 2. The number of nitrogens with zero attached hydrogens (tertiary/aromatic N) is 1. The number of carbonyl (C=O) groups is 1. The predicted octanol–water partition coefficient (Wildman–Crippen LogP) is 2.65. The zero-order valence-corrected chi connectivity index (χ0v) is 12.1. The monoisotopic (exact) mass is 268 g/mol. The van der Waals surface area contributed by atoms with E-state index in [0.29, 0.717) is 24.9 Å². The minimum absolute atomic E-state index is 0.347. The van der Waals surface area contributed by atoms with Crippen LogP contribution in [0.25, 0.3) is 0 Å². The molecule has 0 aliphatic heterocycles. The number of aliphatic imine (C=N–C) groups is 1. The lowest BCUT2D eigenvalue weighted by molar-refractivity contribution is 0.0513. The molecule has 0 bridgehead atoms. The Morgan fingerprint density at radius 3 is 2.37 bits per heavy atom. The summed E-state index contributed by atoms with van der Waals surface area (Å²) in [7, 11) is 0. The molecule has 0 spiro atoms. The fourth-order valence-electron chi connectivity index (χ4n) is 2.33. The van der Waals surface area contributed by atoms with E-state index in [1.165, 1.54) is 0 Å². The van der Waals surface area contributed by atoms with Gasteiger partial charge in [0.15, 0.2) is 0 Å². The lowest BCUT2D eigenvalue weighted by atomic mass is 9.82. The molecule has 0 atom stereocenters. The van der Waals surface area contributed by atoms with Gasteiger partial charge in [0.1, 0.15) is 5.60 Å². The van der Waals surface area contributed by atoms with Gasteiger partial charge in [-0.2, -0.15) is 0 Å². The molecular formula is C14H24N2O3. The number of isocyanates is 1. The maximum Gasteiger partial charge on any atom is 0.407 e. The van der Waals surface area contributed by atoms with Crippen molar-refractivity contribution in [2.24, 2.45) is 16.8 Å². The maximum absolute atomic E-state index is 11.5. The summed E-state index contributed by atoms with van der Waals surface area (Å²) >= 11 is 0. The molecule has 19 heavy (non-hydrogen) atoms. The third-order valence-electron chi connectivity index (χ3n) is 3.31. The average molecular weight is 268 g/mol. The zero-order valence-electron chi connectivity index (χ0n) is 12.1. The molecule has 1 fully saturated rings. The van der Waals surface area contributed by atoms with Crippen LogP contribution in [0.3, 0.4) is 0 Å². The van der Waals surface area contributed by atoms with Crippen LogP contribution < -0.4 is 5.32 Å². The number of hydrogen-bond acceptors (Lipinski definition) is 4. The van der Waals surface area contributed by atoms with E-state index in [2.05, 4.69) is 10.3 Å². The Labute approximate surface area is 114 Å². The summed E-state index contributed by atoms with van der Waals surface area (Å²) in [6.45, 7) is 6.82. The van der Waals surface area contributed by atoms with Crippen LogP contribution in [-0.2, 0) is 9.53 Å². The molecular weight excluding hydrogens is 244 g/mol. The van der Waals surface area contributed by atoms with Gasteiger partial charge in [0.2, 0.25) is 6.08 Å². The number of hydrogen-bond donors (Lipinski definition) is 1. The molecule has 0 aromatic rings. The topological polar surface area (TPSA) is 67.8 Å². The molecule has 0 saturated heterocycles. The van der Waals surface area contributed by atoms with Gasteiger partial charge >= 0.3 is 6.09 Å². The average Bonchev–Trinajstić information content (AvgIpc) is 2.33. The summed E-state index contributed by atoms with van der Waals surface area (Å²) in [6.07, 6.45) is 5.49. The van der Waals surface area contributed by atoms with E-state index in [-0.39, 0.29) is 6.09 Å². The van der Waals surface area contributed by atoms with Crippen molar-refractivity contribution in [1.82, 2.24) is 5.32 Å². The lowest BCUT2D eigenvalue weighted by Crippen LogP contribution is -2.36. The van der Waals surface area contributed by atoms with Crippen molar-refractivity contribution in [2.45, 2.75) is 52.1 Å². The highest BCUT2D eigenvalue weighted by Gasteiger charge is 2.22. The number of rotatable bonds is 4. The van der Waals surface area contributed by atoms with E-state index >= 15 is 0 Å². The highest BCUT2D eigenvalue weighted by atomic mass is 16.6. The third kappa shape index (κ3) is 6.97. The Hall–Kier alpha value is -1.35. The fourth-order valence-corrected chi connectivity index (χ4v) is 2.33. The molecule has 1 aliphatic rings. The molecule has 0 aromatic heterocycles. The Kier molecular flexibility index (Phi) is 6.03. The Morgan fingerprint density at radius 1 is 1.26 bits per heavy atom. The SMILES string of the molecule is CC(C)(C)OC(=O)NC[C@H]1CC[C@H](CN=C=O)CC1. The number of nitrogens with one attached hydrogen (secondary N) is 1. The van der Waals surface area contributed by atoms with Crippen LogP contribution in [0.1, 0.15) is 46.5 Å². The number of amides is 1. The Bertz CT molecular complexity index is 335.